The molecule has 0 radical (unpaired) electrons. The molecule has 2 fully saturated rings. The molecule has 0 spiro atoms. The number of ether oxygens (including phenoxy) is 1. The molecule has 0 saturated carbocycles. The number of carbonyl (C=O) groups is 2. The van der Waals surface area contributed by atoms with Crippen molar-refractivity contribution < 1.29 is 14.3 Å². The Morgan fingerprint density at radius 1 is 1.18 bits per heavy atom. The smallest absolute Gasteiger partial charge is 0.331 e. The fourth-order valence-electron chi connectivity index (χ4n) is 2.20. The number of nitrogens with zero attached hydrogens (tertiary/aromatic N) is 2. The van der Waals surface area contributed by atoms with Crippen LogP contribution in [0.5, 0.6) is 0 Å². The fourth-order valence-corrected chi connectivity index (χ4v) is 2.20. The van der Waals surface area contributed by atoms with Crippen LogP contribution in [0.1, 0.15) is 12.8 Å². The number of hydrazine groups is 1. The van der Waals surface area contributed by atoms with Gasteiger partial charge >= 0.3 is 6.03 Å². The quantitative estimate of drug-likeness (QED) is 0.347. The van der Waals surface area contributed by atoms with Crippen LogP contribution in [0.25, 0.3) is 0 Å². The highest BCUT2D eigenvalue weighted by Crippen LogP contribution is 2.15. The topological polar surface area (TPSA) is 87.9 Å². The number of rotatable bonds is 1. The van der Waals surface area contributed by atoms with Gasteiger partial charge in [0.15, 0.2) is 0 Å². The molecule has 7 heteroatoms. The molecule has 7 nitrogen and oxygen atoms in total. The highest BCUT2D eigenvalue weighted by molar-refractivity contribution is 5.81. The Bertz CT molecular complexity index is 296. The van der Waals surface area contributed by atoms with E-state index in [9.17, 15) is 9.59 Å². The zero-order valence-electron chi connectivity index (χ0n) is 9.72. The zero-order chi connectivity index (χ0) is 12.3. The first kappa shape index (κ1) is 12.1. The van der Waals surface area contributed by atoms with Crippen LogP contribution in [-0.2, 0) is 9.53 Å². The standard InChI is InChI=1S/C10H18N4O3/c11-12-10(16)14-5-3-13(4-6-14)9(15)8-2-1-7-17-8/h8H,1-7,11H2,(H,12,16). The first-order chi connectivity index (χ1) is 8.22. The van der Waals surface area contributed by atoms with Crippen molar-refractivity contribution >= 4 is 11.9 Å². The van der Waals surface area contributed by atoms with Crippen molar-refractivity contribution in [2.24, 2.45) is 5.84 Å². The van der Waals surface area contributed by atoms with Gasteiger partial charge in [0.1, 0.15) is 6.10 Å². The van der Waals surface area contributed by atoms with E-state index in [0.29, 0.717) is 32.8 Å². The van der Waals surface area contributed by atoms with Crippen molar-refractivity contribution in [1.29, 1.82) is 0 Å². The molecular formula is C10H18N4O3. The Hall–Kier alpha value is -1.34. The minimum atomic E-state index is -0.297. The van der Waals surface area contributed by atoms with Crippen LogP contribution in [0.4, 0.5) is 4.79 Å². The van der Waals surface area contributed by atoms with E-state index < -0.39 is 0 Å². The first-order valence-corrected chi connectivity index (χ1v) is 5.88. The lowest BCUT2D eigenvalue weighted by Gasteiger charge is -2.35. The molecule has 2 heterocycles. The van der Waals surface area contributed by atoms with E-state index in [-0.39, 0.29) is 18.0 Å². The summed E-state index contributed by atoms with van der Waals surface area (Å²) in [5.41, 5.74) is 2.09. The molecule has 1 atom stereocenters. The van der Waals surface area contributed by atoms with Crippen molar-refractivity contribution in [3.8, 4) is 0 Å². The Morgan fingerprint density at radius 3 is 2.35 bits per heavy atom. The van der Waals surface area contributed by atoms with Crippen LogP contribution in [-0.4, -0.2) is 60.6 Å². The van der Waals surface area contributed by atoms with Crippen molar-refractivity contribution in [2.75, 3.05) is 32.8 Å². The van der Waals surface area contributed by atoms with Crippen LogP contribution in [0.2, 0.25) is 0 Å². The van der Waals surface area contributed by atoms with Gasteiger partial charge in [-0.15, -0.1) is 0 Å². The summed E-state index contributed by atoms with van der Waals surface area (Å²) in [6, 6.07) is -0.297. The van der Waals surface area contributed by atoms with E-state index in [4.69, 9.17) is 10.6 Å². The Morgan fingerprint density at radius 2 is 1.82 bits per heavy atom. The van der Waals surface area contributed by atoms with Gasteiger partial charge in [0.2, 0.25) is 0 Å². The molecule has 0 aromatic carbocycles. The number of hydrogen-bond acceptors (Lipinski definition) is 4. The Balaban J connectivity index is 1.82. The van der Waals surface area contributed by atoms with Gasteiger partial charge in [0.05, 0.1) is 0 Å². The summed E-state index contributed by atoms with van der Waals surface area (Å²) < 4.78 is 5.36. The van der Waals surface area contributed by atoms with Gasteiger partial charge < -0.3 is 14.5 Å². The molecular weight excluding hydrogens is 224 g/mol. The molecule has 2 aliphatic rings. The number of nitrogens with two attached hydrogens (primary N) is 1. The number of carbonyl (C=O) groups excluding carboxylic acids is 2. The van der Waals surface area contributed by atoms with E-state index in [1.807, 2.05) is 0 Å². The molecule has 0 aromatic rings. The molecule has 1 unspecified atom stereocenters. The molecule has 17 heavy (non-hydrogen) atoms. The van der Waals surface area contributed by atoms with Gasteiger partial charge in [-0.2, -0.15) is 0 Å². The van der Waals surface area contributed by atoms with E-state index in [1.54, 1.807) is 9.80 Å². The third-order valence-electron chi connectivity index (χ3n) is 3.21. The largest absolute Gasteiger partial charge is 0.368 e. The lowest BCUT2D eigenvalue weighted by atomic mass is 10.2. The lowest BCUT2D eigenvalue weighted by Crippen LogP contribution is -2.55. The fraction of sp³-hybridized carbons (Fsp3) is 0.800. The molecule has 0 aromatic heterocycles. The summed E-state index contributed by atoms with van der Waals surface area (Å²) in [5, 5.41) is 0. The zero-order valence-corrected chi connectivity index (χ0v) is 9.72. The summed E-state index contributed by atoms with van der Waals surface area (Å²) in [6.07, 6.45) is 1.48. The molecule has 3 amide bonds. The van der Waals surface area contributed by atoms with E-state index in [0.717, 1.165) is 12.8 Å². The molecule has 96 valence electrons. The van der Waals surface area contributed by atoms with Crippen LogP contribution in [0.3, 0.4) is 0 Å². The third kappa shape index (κ3) is 2.67. The second-order valence-electron chi connectivity index (χ2n) is 4.26. The molecule has 3 N–H and O–H groups in total. The van der Waals surface area contributed by atoms with Gasteiger partial charge in [-0.1, -0.05) is 0 Å². The number of amides is 3. The maximum absolute atomic E-state index is 12.0. The minimum Gasteiger partial charge on any atom is -0.368 e. The average Bonchev–Trinajstić information content (AvgIpc) is 2.91. The van der Waals surface area contributed by atoms with Crippen molar-refractivity contribution in [3.05, 3.63) is 0 Å². The van der Waals surface area contributed by atoms with Crippen molar-refractivity contribution in [3.63, 3.8) is 0 Å². The number of urea groups is 1. The molecule has 0 bridgehead atoms. The second-order valence-corrected chi connectivity index (χ2v) is 4.26. The van der Waals surface area contributed by atoms with Crippen LogP contribution in [0.15, 0.2) is 0 Å². The monoisotopic (exact) mass is 242 g/mol. The van der Waals surface area contributed by atoms with Gasteiger partial charge in [0, 0.05) is 32.8 Å². The highest BCUT2D eigenvalue weighted by Gasteiger charge is 2.31. The molecule has 0 aliphatic carbocycles. The summed E-state index contributed by atoms with van der Waals surface area (Å²) in [7, 11) is 0. The number of hydrogen-bond donors (Lipinski definition) is 2. The predicted octanol–water partition coefficient (Wildman–Crippen LogP) is -1.11. The summed E-state index contributed by atoms with van der Waals surface area (Å²) in [4.78, 5) is 26.6. The first-order valence-electron chi connectivity index (χ1n) is 5.88. The Labute approximate surface area is 99.8 Å². The summed E-state index contributed by atoms with van der Waals surface area (Å²) >= 11 is 0. The molecule has 2 aliphatic heterocycles. The summed E-state index contributed by atoms with van der Waals surface area (Å²) in [6.45, 7) is 2.80. The van der Waals surface area contributed by atoms with Crippen LogP contribution < -0.4 is 11.3 Å². The maximum Gasteiger partial charge on any atom is 0.331 e. The molecule has 2 rings (SSSR count). The lowest BCUT2D eigenvalue weighted by molar-refractivity contribution is -0.142. The van der Waals surface area contributed by atoms with E-state index in [2.05, 4.69) is 5.43 Å². The van der Waals surface area contributed by atoms with Crippen LogP contribution >= 0.6 is 0 Å². The SMILES string of the molecule is NNC(=O)N1CCN(C(=O)C2CCCO2)CC1. The van der Waals surface area contributed by atoms with Gasteiger partial charge in [-0.25, -0.2) is 10.6 Å². The third-order valence-corrected chi connectivity index (χ3v) is 3.21. The highest BCUT2D eigenvalue weighted by atomic mass is 16.5. The normalized spacial score (nSPS) is 24.9. The number of nitrogens with one attached hydrogen (secondary N) is 1. The van der Waals surface area contributed by atoms with E-state index >= 15 is 0 Å². The average molecular weight is 242 g/mol. The van der Waals surface area contributed by atoms with Gasteiger partial charge in [0.25, 0.3) is 5.91 Å². The number of piperazine rings is 1. The summed E-state index contributed by atoms with van der Waals surface area (Å²) in [5.74, 6) is 5.11. The van der Waals surface area contributed by atoms with Gasteiger partial charge in [-0.3, -0.25) is 10.2 Å². The van der Waals surface area contributed by atoms with Gasteiger partial charge in [-0.05, 0) is 12.8 Å². The maximum atomic E-state index is 12.0. The minimum absolute atomic E-state index is 0.0512. The second kappa shape index (κ2) is 5.33. The van der Waals surface area contributed by atoms with Crippen LogP contribution in [0, 0.1) is 0 Å². The van der Waals surface area contributed by atoms with Crippen molar-refractivity contribution in [1.82, 2.24) is 15.2 Å². The molecule has 2 saturated heterocycles. The van der Waals surface area contributed by atoms with E-state index in [1.165, 1.54) is 0 Å². The van der Waals surface area contributed by atoms with Crippen molar-refractivity contribution in [2.45, 2.75) is 18.9 Å². The Kier molecular flexibility index (Phi) is 3.80. The predicted molar refractivity (Wildman–Crippen MR) is 59.8 cm³/mol.